The van der Waals surface area contributed by atoms with Gasteiger partial charge in [0, 0.05) is 12.1 Å². The predicted molar refractivity (Wildman–Crippen MR) is 101 cm³/mol. The zero-order valence-electron chi connectivity index (χ0n) is 14.5. The number of anilines is 1. The Morgan fingerprint density at radius 2 is 2.04 bits per heavy atom. The van der Waals surface area contributed by atoms with Gasteiger partial charge in [-0.2, -0.15) is 4.68 Å². The van der Waals surface area contributed by atoms with Crippen LogP contribution in [0.15, 0.2) is 53.7 Å². The highest BCUT2D eigenvalue weighted by molar-refractivity contribution is 7.98. The topological polar surface area (TPSA) is 81.9 Å². The summed E-state index contributed by atoms with van der Waals surface area (Å²) in [5.74, 6) is 0.766. The fraction of sp³-hybridized carbons (Fsp3) is 0.222. The van der Waals surface area contributed by atoms with Crippen LogP contribution in [0.1, 0.15) is 12.0 Å². The number of amides is 1. The van der Waals surface area contributed by atoms with Crippen molar-refractivity contribution in [2.24, 2.45) is 0 Å². The van der Waals surface area contributed by atoms with E-state index < -0.39 is 0 Å². The zero-order valence-corrected chi connectivity index (χ0v) is 15.4. The van der Waals surface area contributed by atoms with E-state index >= 15 is 0 Å². The molecule has 0 aliphatic carbocycles. The Labute approximate surface area is 155 Å². The SMILES string of the molecule is COc1ccc(CCC(=O)Nc2cccc(-n3nnnc3SC)c2)cc1. The second-order valence-electron chi connectivity index (χ2n) is 5.52. The van der Waals surface area contributed by atoms with Gasteiger partial charge < -0.3 is 10.1 Å². The molecule has 1 heterocycles. The van der Waals surface area contributed by atoms with Crippen LogP contribution >= 0.6 is 11.8 Å². The molecule has 0 fully saturated rings. The fourth-order valence-electron chi connectivity index (χ4n) is 2.46. The maximum atomic E-state index is 12.2. The molecule has 134 valence electrons. The standard InChI is InChI=1S/C18H19N5O2S/c1-25-16-9-6-13(7-10-16)8-11-17(24)19-14-4-3-5-15(12-14)23-18(26-2)20-21-22-23/h3-7,9-10,12H,8,11H2,1-2H3,(H,19,24). The molecule has 1 N–H and O–H groups in total. The molecule has 0 saturated carbocycles. The number of aryl methyl sites for hydroxylation is 1. The van der Waals surface area contributed by atoms with Gasteiger partial charge in [0.25, 0.3) is 0 Å². The third-order valence-electron chi connectivity index (χ3n) is 3.80. The Hall–Kier alpha value is -2.87. The average molecular weight is 369 g/mol. The van der Waals surface area contributed by atoms with Crippen molar-refractivity contribution in [1.82, 2.24) is 20.2 Å². The minimum absolute atomic E-state index is 0.0419. The van der Waals surface area contributed by atoms with Crippen LogP contribution in [0.25, 0.3) is 5.69 Å². The number of carbonyl (C=O) groups is 1. The molecule has 0 saturated heterocycles. The number of hydrogen-bond donors (Lipinski definition) is 1. The van der Waals surface area contributed by atoms with Gasteiger partial charge >= 0.3 is 0 Å². The predicted octanol–water partition coefficient (Wildman–Crippen LogP) is 2.96. The Morgan fingerprint density at radius 1 is 1.23 bits per heavy atom. The molecular formula is C18H19N5O2S. The lowest BCUT2D eigenvalue weighted by atomic mass is 10.1. The second kappa shape index (κ2) is 8.48. The maximum Gasteiger partial charge on any atom is 0.224 e. The van der Waals surface area contributed by atoms with Crippen molar-refractivity contribution in [2.75, 3.05) is 18.7 Å². The van der Waals surface area contributed by atoms with Crippen molar-refractivity contribution in [2.45, 2.75) is 18.0 Å². The molecule has 3 rings (SSSR count). The number of thioether (sulfide) groups is 1. The molecule has 1 amide bonds. The summed E-state index contributed by atoms with van der Waals surface area (Å²) in [6.07, 6.45) is 2.98. The Balaban J connectivity index is 1.61. The number of aromatic nitrogens is 4. The summed E-state index contributed by atoms with van der Waals surface area (Å²) in [6.45, 7) is 0. The van der Waals surface area contributed by atoms with Gasteiger partial charge in [0.05, 0.1) is 12.8 Å². The van der Waals surface area contributed by atoms with E-state index in [1.165, 1.54) is 11.8 Å². The van der Waals surface area contributed by atoms with E-state index in [2.05, 4.69) is 20.8 Å². The first kappa shape index (κ1) is 17.9. The van der Waals surface area contributed by atoms with Gasteiger partial charge in [0.2, 0.25) is 11.1 Å². The molecule has 0 atom stereocenters. The van der Waals surface area contributed by atoms with Crippen LogP contribution in [-0.2, 0) is 11.2 Å². The number of ether oxygens (including phenoxy) is 1. The van der Waals surface area contributed by atoms with E-state index in [0.29, 0.717) is 23.7 Å². The Bertz CT molecular complexity index is 879. The number of methoxy groups -OCH3 is 1. The fourth-order valence-corrected chi connectivity index (χ4v) is 2.89. The largest absolute Gasteiger partial charge is 0.497 e. The van der Waals surface area contributed by atoms with Crippen LogP contribution in [0.5, 0.6) is 5.75 Å². The third kappa shape index (κ3) is 4.40. The first-order valence-electron chi connectivity index (χ1n) is 8.05. The number of carbonyl (C=O) groups excluding carboxylic acids is 1. The number of rotatable bonds is 7. The summed E-state index contributed by atoms with van der Waals surface area (Å²) in [5, 5.41) is 15.2. The van der Waals surface area contributed by atoms with Crippen LogP contribution in [0, 0.1) is 0 Å². The first-order chi connectivity index (χ1) is 12.7. The minimum atomic E-state index is -0.0419. The molecule has 8 heteroatoms. The molecular weight excluding hydrogens is 350 g/mol. The lowest BCUT2D eigenvalue weighted by Crippen LogP contribution is -2.12. The van der Waals surface area contributed by atoms with Crippen LogP contribution in [0.2, 0.25) is 0 Å². The van der Waals surface area contributed by atoms with Gasteiger partial charge in [-0.25, -0.2) is 0 Å². The van der Waals surface area contributed by atoms with Gasteiger partial charge in [-0.3, -0.25) is 4.79 Å². The lowest BCUT2D eigenvalue weighted by molar-refractivity contribution is -0.116. The van der Waals surface area contributed by atoms with Gasteiger partial charge in [-0.05, 0) is 59.0 Å². The lowest BCUT2D eigenvalue weighted by Gasteiger charge is -2.08. The normalized spacial score (nSPS) is 10.5. The maximum absolute atomic E-state index is 12.2. The molecule has 0 unspecified atom stereocenters. The number of tetrazole rings is 1. The van der Waals surface area contributed by atoms with Gasteiger partial charge in [0.15, 0.2) is 0 Å². The van der Waals surface area contributed by atoms with E-state index in [-0.39, 0.29) is 5.91 Å². The second-order valence-corrected chi connectivity index (χ2v) is 6.30. The van der Waals surface area contributed by atoms with E-state index in [9.17, 15) is 4.79 Å². The third-order valence-corrected chi connectivity index (χ3v) is 4.42. The van der Waals surface area contributed by atoms with Crippen molar-refractivity contribution >= 4 is 23.4 Å². The van der Waals surface area contributed by atoms with Crippen LogP contribution in [0.3, 0.4) is 0 Å². The van der Waals surface area contributed by atoms with Crippen LogP contribution in [0.4, 0.5) is 5.69 Å². The Morgan fingerprint density at radius 3 is 2.77 bits per heavy atom. The summed E-state index contributed by atoms with van der Waals surface area (Å²) < 4.78 is 6.77. The summed E-state index contributed by atoms with van der Waals surface area (Å²) in [7, 11) is 1.63. The van der Waals surface area contributed by atoms with E-state index in [4.69, 9.17) is 4.74 Å². The van der Waals surface area contributed by atoms with Crippen molar-refractivity contribution in [1.29, 1.82) is 0 Å². The molecule has 1 aromatic heterocycles. The van der Waals surface area contributed by atoms with Crippen LogP contribution in [-0.4, -0.2) is 39.5 Å². The van der Waals surface area contributed by atoms with Crippen LogP contribution < -0.4 is 10.1 Å². The highest BCUT2D eigenvalue weighted by Gasteiger charge is 2.09. The van der Waals surface area contributed by atoms with Crippen molar-refractivity contribution in [3.63, 3.8) is 0 Å². The van der Waals surface area contributed by atoms with E-state index in [0.717, 1.165) is 17.0 Å². The molecule has 0 aliphatic heterocycles. The summed E-state index contributed by atoms with van der Waals surface area (Å²) in [5.41, 5.74) is 2.60. The van der Waals surface area contributed by atoms with Gasteiger partial charge in [0.1, 0.15) is 5.75 Å². The van der Waals surface area contributed by atoms with E-state index in [1.807, 2.05) is 54.8 Å². The summed E-state index contributed by atoms with van der Waals surface area (Å²) in [4.78, 5) is 12.2. The molecule has 0 aliphatic rings. The first-order valence-corrected chi connectivity index (χ1v) is 9.27. The average Bonchev–Trinajstić information content (AvgIpc) is 3.16. The summed E-state index contributed by atoms with van der Waals surface area (Å²) >= 11 is 1.46. The molecule has 0 spiro atoms. The van der Waals surface area contributed by atoms with E-state index in [1.54, 1.807) is 11.8 Å². The summed E-state index contributed by atoms with van der Waals surface area (Å²) in [6, 6.07) is 15.2. The molecule has 3 aromatic rings. The number of nitrogens with zero attached hydrogens (tertiary/aromatic N) is 4. The van der Waals surface area contributed by atoms with Gasteiger partial charge in [-0.1, -0.05) is 30.0 Å². The van der Waals surface area contributed by atoms with Crippen molar-refractivity contribution in [3.8, 4) is 11.4 Å². The zero-order chi connectivity index (χ0) is 18.4. The highest BCUT2D eigenvalue weighted by Crippen LogP contribution is 2.19. The molecule has 7 nitrogen and oxygen atoms in total. The molecule has 2 aromatic carbocycles. The molecule has 0 radical (unpaired) electrons. The number of nitrogens with one attached hydrogen (secondary N) is 1. The van der Waals surface area contributed by atoms with Crippen molar-refractivity contribution in [3.05, 3.63) is 54.1 Å². The smallest absolute Gasteiger partial charge is 0.224 e. The van der Waals surface area contributed by atoms with Crippen molar-refractivity contribution < 1.29 is 9.53 Å². The highest BCUT2D eigenvalue weighted by atomic mass is 32.2. The van der Waals surface area contributed by atoms with Gasteiger partial charge in [-0.15, -0.1) is 5.10 Å². The Kier molecular flexibility index (Phi) is 5.85. The minimum Gasteiger partial charge on any atom is -0.497 e. The number of hydrogen-bond acceptors (Lipinski definition) is 6. The quantitative estimate of drug-likeness (QED) is 0.645. The monoisotopic (exact) mass is 369 g/mol. The number of benzene rings is 2. The molecule has 0 bridgehead atoms. The molecule has 26 heavy (non-hydrogen) atoms.